The summed E-state index contributed by atoms with van der Waals surface area (Å²) in [6.45, 7) is 1.57. The third-order valence-corrected chi connectivity index (χ3v) is 4.79. The van der Waals surface area contributed by atoms with Gasteiger partial charge in [-0.1, -0.05) is 41.4 Å². The Morgan fingerprint density at radius 1 is 1.10 bits per heavy atom. The number of alkyl halides is 3. The molecular weight excluding hydrogens is 428 g/mol. The van der Waals surface area contributed by atoms with Crippen molar-refractivity contribution in [1.29, 1.82) is 0 Å². The number of likely N-dealkylation sites (N-methyl/N-ethyl adjacent to an activating group) is 1. The maximum Gasteiger partial charge on any atom is 0.418 e. The number of para-hydroxylation sites is 1. The van der Waals surface area contributed by atoms with E-state index in [0.29, 0.717) is 16.5 Å². The highest BCUT2D eigenvalue weighted by Crippen LogP contribution is 2.34. The molecule has 0 aliphatic heterocycles. The fraction of sp³-hybridized carbons (Fsp3) is 0.300. The van der Waals surface area contributed by atoms with Gasteiger partial charge in [-0.3, -0.25) is 9.59 Å². The van der Waals surface area contributed by atoms with Crippen LogP contribution in [-0.4, -0.2) is 29.8 Å². The minimum atomic E-state index is -4.60. The number of benzene rings is 2. The van der Waals surface area contributed by atoms with Crippen LogP contribution < -0.4 is 5.32 Å². The van der Waals surface area contributed by atoms with E-state index in [0.717, 1.165) is 11.6 Å². The number of anilines is 1. The van der Waals surface area contributed by atoms with Gasteiger partial charge in [-0.2, -0.15) is 13.2 Å². The molecule has 0 saturated carbocycles. The first-order valence-corrected chi connectivity index (χ1v) is 9.55. The van der Waals surface area contributed by atoms with Crippen LogP contribution in [0, 0.1) is 0 Å². The van der Waals surface area contributed by atoms with Gasteiger partial charge in [-0.15, -0.1) is 0 Å². The number of nitrogens with one attached hydrogen (secondary N) is 1. The third kappa shape index (κ3) is 6.65. The summed E-state index contributed by atoms with van der Waals surface area (Å²) in [4.78, 5) is 25.9. The number of aryl methyl sites for hydroxylation is 1. The molecular formula is C20H19Cl2F3N2O2. The van der Waals surface area contributed by atoms with Crippen molar-refractivity contribution in [1.82, 2.24) is 4.90 Å². The molecule has 0 aromatic heterocycles. The maximum absolute atomic E-state index is 13.0. The summed E-state index contributed by atoms with van der Waals surface area (Å²) in [7, 11) is 0. The van der Waals surface area contributed by atoms with E-state index in [-0.39, 0.29) is 31.1 Å². The molecule has 2 aromatic rings. The fourth-order valence-corrected chi connectivity index (χ4v) is 3.21. The van der Waals surface area contributed by atoms with E-state index in [2.05, 4.69) is 5.32 Å². The second-order valence-electron chi connectivity index (χ2n) is 6.24. The summed E-state index contributed by atoms with van der Waals surface area (Å²) in [6, 6.07) is 9.64. The van der Waals surface area contributed by atoms with E-state index in [1.54, 1.807) is 25.1 Å². The normalized spacial score (nSPS) is 11.2. The van der Waals surface area contributed by atoms with Crippen LogP contribution in [0.4, 0.5) is 18.9 Å². The number of halogens is 5. The van der Waals surface area contributed by atoms with Crippen LogP contribution in [0.5, 0.6) is 0 Å². The Bertz CT molecular complexity index is 888. The molecule has 2 aromatic carbocycles. The Morgan fingerprint density at radius 3 is 2.41 bits per heavy atom. The first-order valence-electron chi connectivity index (χ1n) is 8.79. The quantitative estimate of drug-likeness (QED) is 0.615. The van der Waals surface area contributed by atoms with E-state index in [1.807, 2.05) is 0 Å². The molecule has 4 nitrogen and oxygen atoms in total. The van der Waals surface area contributed by atoms with Crippen LogP contribution in [0.25, 0.3) is 0 Å². The van der Waals surface area contributed by atoms with Crippen molar-refractivity contribution in [3.8, 4) is 0 Å². The van der Waals surface area contributed by atoms with E-state index in [9.17, 15) is 22.8 Å². The fourth-order valence-electron chi connectivity index (χ4n) is 2.70. The molecule has 0 saturated heterocycles. The van der Waals surface area contributed by atoms with Gasteiger partial charge in [0.25, 0.3) is 0 Å². The lowest BCUT2D eigenvalue weighted by molar-refractivity contribution is -0.137. The molecule has 0 heterocycles. The van der Waals surface area contributed by atoms with Gasteiger partial charge < -0.3 is 10.2 Å². The molecule has 0 spiro atoms. The predicted octanol–water partition coefficient (Wildman–Crippen LogP) is 5.43. The monoisotopic (exact) mass is 446 g/mol. The molecule has 0 fully saturated rings. The number of rotatable bonds is 7. The molecule has 9 heteroatoms. The summed E-state index contributed by atoms with van der Waals surface area (Å²) in [5.74, 6) is -1.01. The average Bonchev–Trinajstić information content (AvgIpc) is 2.64. The lowest BCUT2D eigenvalue weighted by Gasteiger charge is -2.21. The number of carbonyl (C=O) groups is 2. The van der Waals surface area contributed by atoms with Crippen LogP contribution in [0.15, 0.2) is 42.5 Å². The number of amides is 2. The number of carbonyl (C=O) groups excluding carboxylic acids is 2. The van der Waals surface area contributed by atoms with Gasteiger partial charge in [0.05, 0.1) is 17.8 Å². The van der Waals surface area contributed by atoms with Gasteiger partial charge >= 0.3 is 6.18 Å². The second kappa shape index (κ2) is 9.98. The molecule has 29 heavy (non-hydrogen) atoms. The van der Waals surface area contributed by atoms with Crippen molar-refractivity contribution >= 4 is 40.7 Å². The molecule has 0 radical (unpaired) electrons. The van der Waals surface area contributed by atoms with Gasteiger partial charge in [0.1, 0.15) is 0 Å². The van der Waals surface area contributed by atoms with Gasteiger partial charge in [0.15, 0.2) is 0 Å². The average molecular weight is 447 g/mol. The SMILES string of the molecule is CCN(CC(=O)Nc1ccccc1C(F)(F)F)C(=O)CCc1ccc(Cl)cc1Cl. The number of nitrogens with zero attached hydrogens (tertiary/aromatic N) is 1. The van der Waals surface area contributed by atoms with Crippen molar-refractivity contribution < 1.29 is 22.8 Å². The van der Waals surface area contributed by atoms with E-state index in [4.69, 9.17) is 23.2 Å². The largest absolute Gasteiger partial charge is 0.418 e. The summed E-state index contributed by atoms with van der Waals surface area (Å²) in [6.07, 6.45) is -4.15. The highest BCUT2D eigenvalue weighted by molar-refractivity contribution is 6.35. The highest BCUT2D eigenvalue weighted by atomic mass is 35.5. The standard InChI is InChI=1S/C20H19Cl2F3N2O2/c1-2-27(19(29)10-8-13-7-9-14(21)11-16(13)22)12-18(28)26-17-6-4-3-5-15(17)20(23,24)25/h3-7,9,11H,2,8,10,12H2,1H3,(H,26,28). The molecule has 0 atom stereocenters. The molecule has 0 unspecified atom stereocenters. The maximum atomic E-state index is 13.0. The topological polar surface area (TPSA) is 49.4 Å². The molecule has 1 N–H and O–H groups in total. The van der Waals surface area contributed by atoms with E-state index < -0.39 is 17.6 Å². The molecule has 0 aliphatic rings. The Kier molecular flexibility index (Phi) is 7.93. The Hall–Kier alpha value is -2.25. The smallest absolute Gasteiger partial charge is 0.334 e. The molecule has 0 bridgehead atoms. The first-order chi connectivity index (χ1) is 13.6. The molecule has 0 aliphatic carbocycles. The van der Waals surface area contributed by atoms with Crippen molar-refractivity contribution in [2.24, 2.45) is 0 Å². The van der Waals surface area contributed by atoms with Gasteiger partial charge in [-0.25, -0.2) is 0 Å². The first kappa shape index (κ1) is 23.0. The Morgan fingerprint density at radius 2 is 1.79 bits per heavy atom. The summed E-state index contributed by atoms with van der Waals surface area (Å²) in [5.41, 5.74) is -0.550. The zero-order chi connectivity index (χ0) is 21.6. The zero-order valence-corrected chi connectivity index (χ0v) is 17.0. The van der Waals surface area contributed by atoms with Crippen LogP contribution in [0.3, 0.4) is 0 Å². The Labute approximate surface area is 176 Å². The van der Waals surface area contributed by atoms with Crippen LogP contribution >= 0.6 is 23.2 Å². The molecule has 2 amide bonds. The van der Waals surface area contributed by atoms with Crippen LogP contribution in [-0.2, 0) is 22.2 Å². The lowest BCUT2D eigenvalue weighted by Crippen LogP contribution is -2.38. The number of hydrogen-bond donors (Lipinski definition) is 1. The Balaban J connectivity index is 1.98. The summed E-state index contributed by atoms with van der Waals surface area (Å²) < 4.78 is 39.1. The summed E-state index contributed by atoms with van der Waals surface area (Å²) in [5, 5.41) is 3.16. The van der Waals surface area contributed by atoms with Crippen molar-refractivity contribution in [2.75, 3.05) is 18.4 Å². The van der Waals surface area contributed by atoms with E-state index in [1.165, 1.54) is 23.1 Å². The van der Waals surface area contributed by atoms with Crippen molar-refractivity contribution in [3.63, 3.8) is 0 Å². The molecule has 156 valence electrons. The highest BCUT2D eigenvalue weighted by Gasteiger charge is 2.33. The van der Waals surface area contributed by atoms with Crippen LogP contribution in [0.2, 0.25) is 10.0 Å². The lowest BCUT2D eigenvalue weighted by atomic mass is 10.1. The van der Waals surface area contributed by atoms with Gasteiger partial charge in [-0.05, 0) is 43.2 Å². The molecule has 2 rings (SSSR count). The van der Waals surface area contributed by atoms with Crippen molar-refractivity contribution in [3.05, 3.63) is 63.6 Å². The summed E-state index contributed by atoms with van der Waals surface area (Å²) >= 11 is 11.9. The minimum Gasteiger partial charge on any atom is -0.334 e. The van der Waals surface area contributed by atoms with Gasteiger partial charge in [0, 0.05) is 23.0 Å². The predicted molar refractivity (Wildman–Crippen MR) is 107 cm³/mol. The van der Waals surface area contributed by atoms with E-state index >= 15 is 0 Å². The third-order valence-electron chi connectivity index (χ3n) is 4.20. The van der Waals surface area contributed by atoms with Crippen molar-refractivity contribution in [2.45, 2.75) is 25.9 Å². The zero-order valence-electron chi connectivity index (χ0n) is 15.5. The second-order valence-corrected chi connectivity index (χ2v) is 7.08. The van der Waals surface area contributed by atoms with Crippen LogP contribution in [0.1, 0.15) is 24.5 Å². The number of hydrogen-bond acceptors (Lipinski definition) is 2. The van der Waals surface area contributed by atoms with Gasteiger partial charge in [0.2, 0.25) is 11.8 Å². The minimum absolute atomic E-state index is 0.0988.